The fraction of sp³-hybridized carbons (Fsp3) is 0.273. The Kier molecular flexibility index (Phi) is 6.84. The Labute approximate surface area is 179 Å². The second-order valence-electron chi connectivity index (χ2n) is 6.82. The van der Waals surface area contributed by atoms with Gasteiger partial charge in [0.1, 0.15) is 6.04 Å². The van der Waals surface area contributed by atoms with Crippen LogP contribution in [0.15, 0.2) is 48.5 Å². The summed E-state index contributed by atoms with van der Waals surface area (Å²) in [6, 6.07) is 12.0. The minimum Gasteiger partial charge on any atom is -0.454 e. The fourth-order valence-corrected chi connectivity index (χ4v) is 3.41. The van der Waals surface area contributed by atoms with Gasteiger partial charge < -0.3 is 10.1 Å². The highest BCUT2D eigenvalue weighted by molar-refractivity contribution is 6.33. The van der Waals surface area contributed by atoms with Crippen LogP contribution in [0, 0.1) is 0 Å². The molecular formula is C22H21ClN2O5. The molecule has 30 heavy (non-hydrogen) atoms. The van der Waals surface area contributed by atoms with Crippen LogP contribution >= 0.6 is 11.6 Å². The molecule has 0 aliphatic carbocycles. The van der Waals surface area contributed by atoms with Gasteiger partial charge in [-0.2, -0.15) is 0 Å². The zero-order chi connectivity index (χ0) is 21.7. The molecule has 8 heteroatoms. The lowest BCUT2D eigenvalue weighted by atomic mass is 10.1. The molecule has 1 heterocycles. The van der Waals surface area contributed by atoms with Gasteiger partial charge in [-0.25, -0.2) is 4.79 Å². The van der Waals surface area contributed by atoms with E-state index in [1.807, 2.05) is 6.92 Å². The van der Waals surface area contributed by atoms with E-state index in [1.54, 1.807) is 48.5 Å². The number of rotatable bonds is 8. The quantitative estimate of drug-likeness (QED) is 0.511. The first-order valence-electron chi connectivity index (χ1n) is 9.62. The molecule has 0 fully saturated rings. The zero-order valence-corrected chi connectivity index (χ0v) is 17.1. The van der Waals surface area contributed by atoms with Gasteiger partial charge in [-0.3, -0.25) is 19.3 Å². The van der Waals surface area contributed by atoms with Gasteiger partial charge in [0.2, 0.25) is 0 Å². The van der Waals surface area contributed by atoms with E-state index in [-0.39, 0.29) is 17.5 Å². The predicted octanol–water partition coefficient (Wildman–Crippen LogP) is 3.68. The summed E-state index contributed by atoms with van der Waals surface area (Å²) in [5, 5.41) is 2.90. The Hall–Kier alpha value is -3.19. The Morgan fingerprint density at radius 2 is 1.63 bits per heavy atom. The summed E-state index contributed by atoms with van der Waals surface area (Å²) in [5.41, 5.74) is 0.907. The topological polar surface area (TPSA) is 92.8 Å². The Bertz CT molecular complexity index is 956. The van der Waals surface area contributed by atoms with Gasteiger partial charge in [-0.05, 0) is 30.7 Å². The van der Waals surface area contributed by atoms with Crippen molar-refractivity contribution in [1.82, 2.24) is 4.90 Å². The first kappa shape index (κ1) is 21.5. The average Bonchev–Trinajstić information content (AvgIpc) is 2.99. The highest BCUT2D eigenvalue weighted by atomic mass is 35.5. The highest BCUT2D eigenvalue weighted by Crippen LogP contribution is 2.27. The monoisotopic (exact) mass is 428 g/mol. The standard InChI is InChI=1S/C22H21ClN2O5/c1-2-3-12-18(25-20(27)14-8-4-5-9-15(14)21(25)28)22(29)30-13-19(26)24-17-11-7-6-10-16(17)23/h4-11,18H,2-3,12-13H2,1H3,(H,24,26)/t18-/m0/s1. The molecule has 1 aliphatic heterocycles. The number of imide groups is 1. The van der Waals surface area contributed by atoms with Crippen LogP contribution in [0.4, 0.5) is 5.69 Å². The number of halogens is 1. The maximum Gasteiger partial charge on any atom is 0.329 e. The molecule has 0 saturated heterocycles. The van der Waals surface area contributed by atoms with Gasteiger partial charge in [0.05, 0.1) is 21.8 Å². The molecule has 0 unspecified atom stereocenters. The number of fused-ring (bicyclic) bond motifs is 1. The predicted molar refractivity (Wildman–Crippen MR) is 111 cm³/mol. The minimum absolute atomic E-state index is 0.257. The van der Waals surface area contributed by atoms with Gasteiger partial charge in [0, 0.05) is 0 Å². The van der Waals surface area contributed by atoms with Crippen molar-refractivity contribution < 1.29 is 23.9 Å². The summed E-state index contributed by atoms with van der Waals surface area (Å²) in [7, 11) is 0. The van der Waals surface area contributed by atoms with E-state index in [9.17, 15) is 19.2 Å². The number of para-hydroxylation sites is 1. The molecule has 2 aromatic carbocycles. The number of nitrogens with zero attached hydrogens (tertiary/aromatic N) is 1. The third-order valence-electron chi connectivity index (χ3n) is 4.73. The number of hydrogen-bond donors (Lipinski definition) is 1. The molecule has 156 valence electrons. The van der Waals surface area contributed by atoms with E-state index >= 15 is 0 Å². The molecule has 3 rings (SSSR count). The minimum atomic E-state index is -1.09. The first-order valence-corrected chi connectivity index (χ1v) is 9.99. The first-order chi connectivity index (χ1) is 14.4. The van der Waals surface area contributed by atoms with E-state index in [0.29, 0.717) is 17.1 Å². The number of carbonyl (C=O) groups is 4. The molecule has 0 aromatic heterocycles. The number of amides is 3. The van der Waals surface area contributed by atoms with Crippen molar-refractivity contribution in [1.29, 1.82) is 0 Å². The maximum absolute atomic E-state index is 12.7. The SMILES string of the molecule is CCCC[C@@H](C(=O)OCC(=O)Nc1ccccc1Cl)N1C(=O)c2ccccc2C1=O. The van der Waals surface area contributed by atoms with Crippen LogP contribution in [0.25, 0.3) is 0 Å². The molecule has 7 nitrogen and oxygen atoms in total. The van der Waals surface area contributed by atoms with Gasteiger partial charge >= 0.3 is 5.97 Å². The van der Waals surface area contributed by atoms with Gasteiger partial charge in [-0.1, -0.05) is 55.6 Å². The third-order valence-corrected chi connectivity index (χ3v) is 5.06. The smallest absolute Gasteiger partial charge is 0.329 e. The molecule has 2 aromatic rings. The van der Waals surface area contributed by atoms with Crippen LogP contribution in [0.1, 0.15) is 46.9 Å². The van der Waals surface area contributed by atoms with Crippen LogP contribution in [-0.2, 0) is 14.3 Å². The number of anilines is 1. The molecule has 0 spiro atoms. The number of carbonyl (C=O) groups excluding carboxylic acids is 4. The normalized spacial score (nSPS) is 13.7. The van der Waals surface area contributed by atoms with Gasteiger partial charge in [-0.15, -0.1) is 0 Å². The number of esters is 1. The molecular weight excluding hydrogens is 408 g/mol. The van der Waals surface area contributed by atoms with E-state index in [1.165, 1.54) is 0 Å². The number of hydrogen-bond acceptors (Lipinski definition) is 5. The summed E-state index contributed by atoms with van der Waals surface area (Å²) < 4.78 is 5.14. The second-order valence-corrected chi connectivity index (χ2v) is 7.23. The molecule has 0 bridgehead atoms. The summed E-state index contributed by atoms with van der Waals surface area (Å²) in [6.07, 6.45) is 1.63. The summed E-state index contributed by atoms with van der Waals surface area (Å²) in [4.78, 5) is 51.3. The largest absolute Gasteiger partial charge is 0.454 e. The second kappa shape index (κ2) is 9.54. The van der Waals surface area contributed by atoms with Crippen LogP contribution in [0.2, 0.25) is 5.02 Å². The van der Waals surface area contributed by atoms with Crippen LogP contribution in [0.5, 0.6) is 0 Å². The molecule has 0 saturated carbocycles. The zero-order valence-electron chi connectivity index (χ0n) is 16.4. The van der Waals surface area contributed by atoms with Crippen molar-refractivity contribution in [2.75, 3.05) is 11.9 Å². The Balaban J connectivity index is 1.69. The van der Waals surface area contributed by atoms with Crippen LogP contribution in [-0.4, -0.2) is 41.2 Å². The molecule has 3 amide bonds. The van der Waals surface area contributed by atoms with Crippen molar-refractivity contribution >= 4 is 41.0 Å². The van der Waals surface area contributed by atoms with Crippen LogP contribution < -0.4 is 5.32 Å². The van der Waals surface area contributed by atoms with Crippen LogP contribution in [0.3, 0.4) is 0 Å². The average molecular weight is 429 g/mol. The fourth-order valence-electron chi connectivity index (χ4n) is 3.22. The lowest BCUT2D eigenvalue weighted by Gasteiger charge is -2.24. The molecule has 1 N–H and O–H groups in total. The van der Waals surface area contributed by atoms with E-state index in [2.05, 4.69) is 5.32 Å². The van der Waals surface area contributed by atoms with Gasteiger partial charge in [0.25, 0.3) is 17.7 Å². The van der Waals surface area contributed by atoms with Gasteiger partial charge in [0.15, 0.2) is 6.61 Å². The number of benzene rings is 2. The molecule has 1 atom stereocenters. The van der Waals surface area contributed by atoms with Crippen molar-refractivity contribution in [3.8, 4) is 0 Å². The highest BCUT2D eigenvalue weighted by Gasteiger charge is 2.43. The molecule has 0 radical (unpaired) electrons. The van der Waals surface area contributed by atoms with E-state index in [4.69, 9.17) is 16.3 Å². The molecule has 1 aliphatic rings. The number of unbranched alkanes of at least 4 members (excludes halogenated alkanes) is 1. The van der Waals surface area contributed by atoms with Crippen molar-refractivity contribution in [3.05, 3.63) is 64.7 Å². The third kappa shape index (κ3) is 4.52. The number of nitrogens with one attached hydrogen (secondary N) is 1. The number of ether oxygens (including phenoxy) is 1. The van der Waals surface area contributed by atoms with E-state index in [0.717, 1.165) is 11.3 Å². The van der Waals surface area contributed by atoms with E-state index < -0.39 is 36.3 Å². The van der Waals surface area contributed by atoms with Crippen molar-refractivity contribution in [2.45, 2.75) is 32.2 Å². The summed E-state index contributed by atoms with van der Waals surface area (Å²) >= 11 is 6.00. The lowest BCUT2D eigenvalue weighted by Crippen LogP contribution is -2.46. The van der Waals surface area contributed by atoms with Crippen molar-refractivity contribution in [3.63, 3.8) is 0 Å². The Morgan fingerprint density at radius 1 is 1.03 bits per heavy atom. The maximum atomic E-state index is 12.7. The Morgan fingerprint density at radius 3 is 2.23 bits per heavy atom. The van der Waals surface area contributed by atoms with Crippen molar-refractivity contribution in [2.24, 2.45) is 0 Å². The summed E-state index contributed by atoms with van der Waals surface area (Å²) in [6.45, 7) is 1.37. The lowest BCUT2D eigenvalue weighted by molar-refractivity contribution is -0.151. The summed E-state index contributed by atoms with van der Waals surface area (Å²) in [5.74, 6) is -2.44.